The van der Waals surface area contributed by atoms with E-state index >= 15 is 0 Å². The number of anilines is 2. The second kappa shape index (κ2) is 7.08. The van der Waals surface area contributed by atoms with E-state index < -0.39 is 0 Å². The number of aryl methyl sites for hydroxylation is 1. The molecule has 2 aromatic rings. The number of piperidine rings is 1. The molecule has 3 rings (SSSR count). The van der Waals surface area contributed by atoms with Crippen molar-refractivity contribution in [3.8, 4) is 0 Å². The zero-order valence-corrected chi connectivity index (χ0v) is 14.6. The molecular formula is C17H19BrN4O. The van der Waals surface area contributed by atoms with Crippen LogP contribution in [0.1, 0.15) is 35.3 Å². The van der Waals surface area contributed by atoms with Gasteiger partial charge in [0.2, 0.25) is 5.95 Å². The van der Waals surface area contributed by atoms with Crippen LogP contribution in [0.5, 0.6) is 0 Å². The Hall–Kier alpha value is -1.95. The van der Waals surface area contributed by atoms with Crippen LogP contribution in [-0.4, -0.2) is 33.9 Å². The van der Waals surface area contributed by atoms with Crippen LogP contribution in [-0.2, 0) is 0 Å². The summed E-state index contributed by atoms with van der Waals surface area (Å²) in [5, 5.41) is 3.16. The number of halogens is 1. The molecule has 1 aromatic heterocycles. The second-order valence-corrected chi connectivity index (χ2v) is 6.56. The van der Waals surface area contributed by atoms with Gasteiger partial charge in [0.15, 0.2) is 0 Å². The van der Waals surface area contributed by atoms with Crippen LogP contribution < -0.4 is 5.32 Å². The topological polar surface area (TPSA) is 58.1 Å². The maximum absolute atomic E-state index is 12.5. The van der Waals surface area contributed by atoms with E-state index in [-0.39, 0.29) is 5.91 Å². The van der Waals surface area contributed by atoms with Crippen molar-refractivity contribution in [2.75, 3.05) is 18.4 Å². The molecule has 6 heteroatoms. The summed E-state index contributed by atoms with van der Waals surface area (Å²) in [6.07, 6.45) is 4.96. The Balaban J connectivity index is 1.76. The average Bonchev–Trinajstić information content (AvgIpc) is 2.58. The van der Waals surface area contributed by atoms with E-state index in [9.17, 15) is 4.79 Å². The fraction of sp³-hybridized carbons (Fsp3) is 0.353. The molecule has 0 atom stereocenters. The molecule has 1 fully saturated rings. The fourth-order valence-corrected chi connectivity index (χ4v) is 2.90. The molecule has 1 amide bonds. The maximum atomic E-state index is 12.5. The van der Waals surface area contributed by atoms with Gasteiger partial charge in [-0.05, 0) is 56.0 Å². The third-order valence-corrected chi connectivity index (χ3v) is 4.82. The fourth-order valence-electron chi connectivity index (χ4n) is 2.65. The summed E-state index contributed by atoms with van der Waals surface area (Å²) in [7, 11) is 0. The molecular weight excluding hydrogens is 356 g/mol. The lowest BCUT2D eigenvalue weighted by Gasteiger charge is -2.26. The van der Waals surface area contributed by atoms with Gasteiger partial charge in [0, 0.05) is 29.4 Å². The van der Waals surface area contributed by atoms with Gasteiger partial charge in [0.25, 0.3) is 5.91 Å². The van der Waals surface area contributed by atoms with Crippen LogP contribution in [0.2, 0.25) is 0 Å². The van der Waals surface area contributed by atoms with Gasteiger partial charge in [0.1, 0.15) is 5.69 Å². The van der Waals surface area contributed by atoms with E-state index in [1.807, 2.05) is 30.0 Å². The van der Waals surface area contributed by atoms with Crippen molar-refractivity contribution in [2.24, 2.45) is 0 Å². The zero-order valence-electron chi connectivity index (χ0n) is 13.1. The zero-order chi connectivity index (χ0) is 16.2. The molecule has 1 saturated heterocycles. The highest BCUT2D eigenvalue weighted by molar-refractivity contribution is 9.10. The van der Waals surface area contributed by atoms with Crippen LogP contribution in [0.4, 0.5) is 11.6 Å². The van der Waals surface area contributed by atoms with E-state index in [0.717, 1.165) is 41.7 Å². The normalized spacial score (nSPS) is 14.6. The van der Waals surface area contributed by atoms with Gasteiger partial charge >= 0.3 is 0 Å². The molecule has 0 spiro atoms. The summed E-state index contributed by atoms with van der Waals surface area (Å²) in [6.45, 7) is 3.65. The van der Waals surface area contributed by atoms with Crippen molar-refractivity contribution in [2.45, 2.75) is 26.2 Å². The lowest BCUT2D eigenvalue weighted by atomic mass is 10.1. The highest BCUT2D eigenvalue weighted by atomic mass is 79.9. The molecule has 23 heavy (non-hydrogen) atoms. The van der Waals surface area contributed by atoms with Crippen LogP contribution in [0.3, 0.4) is 0 Å². The summed E-state index contributed by atoms with van der Waals surface area (Å²) < 4.78 is 1.05. The second-order valence-electron chi connectivity index (χ2n) is 5.71. The van der Waals surface area contributed by atoms with Crippen LogP contribution in [0, 0.1) is 6.92 Å². The minimum atomic E-state index is -0.0119. The number of carbonyl (C=O) groups is 1. The standard InChI is InChI=1S/C17H19BrN4O/c1-12-11-13(5-6-14(12)18)20-17-19-8-7-15(21-17)16(23)22-9-3-2-4-10-22/h5-8,11H,2-4,9-10H2,1H3,(H,19,20,21). The number of amides is 1. The van der Waals surface area contributed by atoms with Gasteiger partial charge in [-0.15, -0.1) is 0 Å². The largest absolute Gasteiger partial charge is 0.337 e. The Morgan fingerprint density at radius 3 is 2.74 bits per heavy atom. The van der Waals surface area contributed by atoms with E-state index in [0.29, 0.717) is 11.6 Å². The highest BCUT2D eigenvalue weighted by Crippen LogP contribution is 2.22. The van der Waals surface area contributed by atoms with E-state index in [1.54, 1.807) is 12.3 Å². The number of benzene rings is 1. The Morgan fingerprint density at radius 2 is 2.00 bits per heavy atom. The molecule has 2 heterocycles. The van der Waals surface area contributed by atoms with Crippen LogP contribution in [0.25, 0.3) is 0 Å². The van der Waals surface area contributed by atoms with Crippen LogP contribution >= 0.6 is 15.9 Å². The maximum Gasteiger partial charge on any atom is 0.272 e. The first kappa shape index (κ1) is 15.9. The number of rotatable bonds is 3. The summed E-state index contributed by atoms with van der Waals surface area (Å²) >= 11 is 3.48. The summed E-state index contributed by atoms with van der Waals surface area (Å²) in [5.41, 5.74) is 2.46. The Labute approximate surface area is 144 Å². The Bertz CT molecular complexity index is 713. The first-order chi connectivity index (χ1) is 11.1. The number of aromatic nitrogens is 2. The monoisotopic (exact) mass is 374 g/mol. The lowest BCUT2D eigenvalue weighted by Crippen LogP contribution is -2.36. The molecule has 120 valence electrons. The lowest BCUT2D eigenvalue weighted by molar-refractivity contribution is 0.0718. The van der Waals surface area contributed by atoms with Crippen molar-refractivity contribution in [1.29, 1.82) is 0 Å². The number of carbonyl (C=O) groups excluding carboxylic acids is 1. The number of hydrogen-bond acceptors (Lipinski definition) is 4. The molecule has 1 aliphatic rings. The van der Waals surface area contributed by atoms with Gasteiger partial charge in [-0.25, -0.2) is 9.97 Å². The van der Waals surface area contributed by atoms with Crippen LogP contribution in [0.15, 0.2) is 34.9 Å². The smallest absolute Gasteiger partial charge is 0.272 e. The molecule has 0 saturated carbocycles. The molecule has 0 unspecified atom stereocenters. The number of nitrogens with one attached hydrogen (secondary N) is 1. The summed E-state index contributed by atoms with van der Waals surface area (Å²) in [6, 6.07) is 7.60. The van der Waals surface area contributed by atoms with Gasteiger partial charge in [0.05, 0.1) is 0 Å². The molecule has 1 N–H and O–H groups in total. The predicted octanol–water partition coefficient (Wildman–Crippen LogP) is 3.92. The quantitative estimate of drug-likeness (QED) is 0.884. The number of likely N-dealkylation sites (tertiary alicyclic amines) is 1. The van der Waals surface area contributed by atoms with Crippen molar-refractivity contribution < 1.29 is 4.79 Å². The molecule has 0 aliphatic carbocycles. The molecule has 1 aromatic carbocycles. The van der Waals surface area contributed by atoms with Crippen molar-refractivity contribution in [3.05, 3.63) is 46.2 Å². The first-order valence-corrected chi connectivity index (χ1v) is 8.58. The molecule has 0 radical (unpaired) electrons. The van der Waals surface area contributed by atoms with Crippen molar-refractivity contribution >= 4 is 33.5 Å². The van der Waals surface area contributed by atoms with Gasteiger partial charge in [-0.1, -0.05) is 15.9 Å². The Morgan fingerprint density at radius 1 is 1.22 bits per heavy atom. The highest BCUT2D eigenvalue weighted by Gasteiger charge is 2.19. The third kappa shape index (κ3) is 3.88. The molecule has 5 nitrogen and oxygen atoms in total. The third-order valence-electron chi connectivity index (χ3n) is 3.93. The summed E-state index contributed by atoms with van der Waals surface area (Å²) in [4.78, 5) is 23.0. The molecule has 1 aliphatic heterocycles. The van der Waals surface area contributed by atoms with Gasteiger partial charge < -0.3 is 10.2 Å². The Kier molecular flexibility index (Phi) is 4.91. The molecule has 0 bridgehead atoms. The van der Waals surface area contributed by atoms with E-state index in [1.165, 1.54) is 6.42 Å². The van der Waals surface area contributed by atoms with Gasteiger partial charge in [-0.2, -0.15) is 0 Å². The number of hydrogen-bond donors (Lipinski definition) is 1. The number of nitrogens with zero attached hydrogens (tertiary/aromatic N) is 3. The minimum Gasteiger partial charge on any atom is -0.337 e. The minimum absolute atomic E-state index is 0.0119. The SMILES string of the molecule is Cc1cc(Nc2nccc(C(=O)N3CCCCC3)n2)ccc1Br. The first-order valence-electron chi connectivity index (χ1n) is 7.79. The van der Waals surface area contributed by atoms with Gasteiger partial charge in [-0.3, -0.25) is 4.79 Å². The van der Waals surface area contributed by atoms with Crippen molar-refractivity contribution in [3.63, 3.8) is 0 Å². The average molecular weight is 375 g/mol. The predicted molar refractivity (Wildman–Crippen MR) is 93.9 cm³/mol. The van der Waals surface area contributed by atoms with Crippen molar-refractivity contribution in [1.82, 2.24) is 14.9 Å². The van der Waals surface area contributed by atoms with E-state index in [2.05, 4.69) is 31.2 Å². The summed E-state index contributed by atoms with van der Waals surface area (Å²) in [5.74, 6) is 0.428. The van der Waals surface area contributed by atoms with E-state index in [4.69, 9.17) is 0 Å².